The number of methoxy groups -OCH3 is 1. The SMILES string of the molecule is COc1ccc(C(=O)NCCCCCCCC(=O)O)cc1Br. The number of aliphatic carboxylic acids is 1. The van der Waals surface area contributed by atoms with Crippen molar-refractivity contribution in [1.29, 1.82) is 0 Å². The minimum Gasteiger partial charge on any atom is -0.496 e. The molecule has 6 heteroatoms. The van der Waals surface area contributed by atoms with Crippen molar-refractivity contribution < 1.29 is 19.4 Å². The molecule has 1 rings (SSSR count). The Labute approximate surface area is 139 Å². The monoisotopic (exact) mass is 371 g/mol. The number of rotatable bonds is 10. The highest BCUT2D eigenvalue weighted by molar-refractivity contribution is 9.10. The van der Waals surface area contributed by atoms with Gasteiger partial charge in [0.15, 0.2) is 0 Å². The number of benzene rings is 1. The van der Waals surface area contributed by atoms with Gasteiger partial charge >= 0.3 is 5.97 Å². The standard InChI is InChI=1S/C16H22BrNO4/c1-22-14-9-8-12(11-13(14)17)16(21)18-10-6-4-2-3-5-7-15(19)20/h8-9,11H,2-7,10H2,1H3,(H,18,21)(H,19,20). The van der Waals surface area contributed by atoms with Gasteiger partial charge in [-0.2, -0.15) is 0 Å². The van der Waals surface area contributed by atoms with Gasteiger partial charge in [-0.3, -0.25) is 9.59 Å². The van der Waals surface area contributed by atoms with E-state index in [-0.39, 0.29) is 12.3 Å². The molecule has 0 atom stereocenters. The number of hydrogen-bond donors (Lipinski definition) is 2. The van der Waals surface area contributed by atoms with Gasteiger partial charge in [-0.05, 0) is 47.0 Å². The van der Waals surface area contributed by atoms with Crippen molar-refractivity contribution in [2.24, 2.45) is 0 Å². The lowest BCUT2D eigenvalue weighted by atomic mass is 10.1. The summed E-state index contributed by atoms with van der Waals surface area (Å²) in [5.74, 6) is -0.148. The lowest BCUT2D eigenvalue weighted by molar-refractivity contribution is -0.137. The maximum Gasteiger partial charge on any atom is 0.303 e. The summed E-state index contributed by atoms with van der Waals surface area (Å²) in [7, 11) is 1.58. The third kappa shape index (κ3) is 6.93. The molecule has 1 aromatic rings. The van der Waals surface area contributed by atoms with Crippen molar-refractivity contribution in [3.63, 3.8) is 0 Å². The molecule has 0 aliphatic carbocycles. The van der Waals surface area contributed by atoms with E-state index in [2.05, 4.69) is 21.2 Å². The molecule has 0 heterocycles. The fourth-order valence-electron chi connectivity index (χ4n) is 2.04. The summed E-state index contributed by atoms with van der Waals surface area (Å²) < 4.78 is 5.88. The Balaban J connectivity index is 2.18. The minimum atomic E-state index is -0.738. The zero-order valence-corrected chi connectivity index (χ0v) is 14.3. The van der Waals surface area contributed by atoms with Gasteiger partial charge < -0.3 is 15.2 Å². The van der Waals surface area contributed by atoms with Crippen LogP contribution in [0.1, 0.15) is 48.9 Å². The number of carboxylic acid groups (broad SMARTS) is 1. The van der Waals surface area contributed by atoms with Crippen molar-refractivity contribution in [1.82, 2.24) is 5.32 Å². The Morgan fingerprint density at radius 3 is 2.50 bits per heavy atom. The molecule has 1 aromatic carbocycles. The van der Waals surface area contributed by atoms with Crippen LogP contribution in [0.4, 0.5) is 0 Å². The van der Waals surface area contributed by atoms with Gasteiger partial charge in [-0.25, -0.2) is 0 Å². The second-order valence-electron chi connectivity index (χ2n) is 5.02. The Morgan fingerprint density at radius 2 is 1.86 bits per heavy atom. The summed E-state index contributed by atoms with van der Waals surface area (Å²) in [4.78, 5) is 22.3. The first-order valence-corrected chi connectivity index (χ1v) is 8.17. The Kier molecular flexibility index (Phi) is 8.58. The Hall–Kier alpha value is -1.56. The van der Waals surface area contributed by atoms with E-state index in [1.54, 1.807) is 25.3 Å². The van der Waals surface area contributed by atoms with E-state index in [9.17, 15) is 9.59 Å². The molecule has 5 nitrogen and oxygen atoms in total. The zero-order chi connectivity index (χ0) is 16.4. The maximum atomic E-state index is 12.0. The molecule has 0 aromatic heterocycles. The second kappa shape index (κ2) is 10.2. The van der Waals surface area contributed by atoms with Crippen LogP contribution in [0, 0.1) is 0 Å². The van der Waals surface area contributed by atoms with Crippen molar-refractivity contribution >= 4 is 27.8 Å². The van der Waals surface area contributed by atoms with Crippen molar-refractivity contribution in [2.75, 3.05) is 13.7 Å². The third-order valence-electron chi connectivity index (χ3n) is 3.27. The molecule has 0 bridgehead atoms. The molecule has 0 unspecified atom stereocenters. The maximum absolute atomic E-state index is 12.0. The van der Waals surface area contributed by atoms with Crippen LogP contribution < -0.4 is 10.1 Å². The fraction of sp³-hybridized carbons (Fsp3) is 0.500. The van der Waals surface area contributed by atoms with E-state index in [1.807, 2.05) is 0 Å². The molecular weight excluding hydrogens is 350 g/mol. The van der Waals surface area contributed by atoms with Crippen LogP contribution in [0.25, 0.3) is 0 Å². The van der Waals surface area contributed by atoms with Crippen LogP contribution in [0.5, 0.6) is 5.75 Å². The van der Waals surface area contributed by atoms with Crippen LogP contribution in [-0.2, 0) is 4.79 Å². The van der Waals surface area contributed by atoms with Gasteiger partial charge in [0.25, 0.3) is 5.91 Å². The van der Waals surface area contributed by atoms with E-state index >= 15 is 0 Å². The first-order valence-electron chi connectivity index (χ1n) is 7.38. The second-order valence-corrected chi connectivity index (χ2v) is 5.87. The van der Waals surface area contributed by atoms with Crippen LogP contribution in [0.2, 0.25) is 0 Å². The van der Waals surface area contributed by atoms with Crippen LogP contribution in [0.3, 0.4) is 0 Å². The number of carbonyl (C=O) groups excluding carboxylic acids is 1. The first kappa shape index (κ1) is 18.5. The smallest absolute Gasteiger partial charge is 0.303 e. The number of ether oxygens (including phenoxy) is 1. The third-order valence-corrected chi connectivity index (χ3v) is 3.89. The molecule has 1 amide bonds. The lowest BCUT2D eigenvalue weighted by Gasteiger charge is -2.07. The molecule has 0 saturated heterocycles. The summed E-state index contributed by atoms with van der Waals surface area (Å²) in [5.41, 5.74) is 0.592. The van der Waals surface area contributed by atoms with Gasteiger partial charge in [0.1, 0.15) is 5.75 Å². The molecule has 0 spiro atoms. The number of amides is 1. The molecule has 0 radical (unpaired) electrons. The van der Waals surface area contributed by atoms with E-state index in [1.165, 1.54) is 0 Å². The summed E-state index contributed by atoms with van der Waals surface area (Å²) in [5, 5.41) is 11.4. The minimum absolute atomic E-state index is 0.103. The molecule has 122 valence electrons. The van der Waals surface area contributed by atoms with E-state index in [0.29, 0.717) is 17.9 Å². The highest BCUT2D eigenvalue weighted by Gasteiger charge is 2.08. The van der Waals surface area contributed by atoms with Gasteiger partial charge in [0.05, 0.1) is 11.6 Å². The zero-order valence-electron chi connectivity index (χ0n) is 12.7. The van der Waals surface area contributed by atoms with E-state index < -0.39 is 5.97 Å². The molecule has 0 aliphatic rings. The fourth-order valence-corrected chi connectivity index (χ4v) is 2.58. The number of carbonyl (C=O) groups is 2. The normalized spacial score (nSPS) is 10.3. The van der Waals surface area contributed by atoms with Crippen LogP contribution in [-0.4, -0.2) is 30.6 Å². The molecule has 2 N–H and O–H groups in total. The highest BCUT2D eigenvalue weighted by Crippen LogP contribution is 2.25. The predicted octanol–water partition coefficient (Wildman–Crippen LogP) is 3.61. The largest absolute Gasteiger partial charge is 0.496 e. The number of halogens is 1. The van der Waals surface area contributed by atoms with E-state index in [4.69, 9.17) is 9.84 Å². The van der Waals surface area contributed by atoms with Gasteiger partial charge in [-0.1, -0.05) is 19.3 Å². The Bertz CT molecular complexity index is 505. The molecule has 0 aliphatic heterocycles. The van der Waals surface area contributed by atoms with Gasteiger partial charge in [0, 0.05) is 18.5 Å². The molecular formula is C16H22BrNO4. The first-order chi connectivity index (χ1) is 10.5. The number of hydrogen-bond acceptors (Lipinski definition) is 3. The average molecular weight is 372 g/mol. The predicted molar refractivity (Wildman–Crippen MR) is 88.4 cm³/mol. The molecule has 0 saturated carbocycles. The number of unbranched alkanes of at least 4 members (excludes halogenated alkanes) is 4. The molecule has 0 fully saturated rings. The summed E-state index contributed by atoms with van der Waals surface area (Å²) >= 11 is 3.36. The number of nitrogens with one attached hydrogen (secondary N) is 1. The average Bonchev–Trinajstić information content (AvgIpc) is 2.49. The quantitative estimate of drug-likeness (QED) is 0.616. The van der Waals surface area contributed by atoms with Crippen molar-refractivity contribution in [3.8, 4) is 5.75 Å². The topological polar surface area (TPSA) is 75.6 Å². The number of carboxylic acids is 1. The summed E-state index contributed by atoms with van der Waals surface area (Å²) in [6, 6.07) is 5.21. The van der Waals surface area contributed by atoms with Gasteiger partial charge in [-0.15, -0.1) is 0 Å². The Morgan fingerprint density at radius 1 is 1.18 bits per heavy atom. The lowest BCUT2D eigenvalue weighted by Crippen LogP contribution is -2.24. The summed E-state index contributed by atoms with van der Waals surface area (Å²) in [6.07, 6.45) is 4.77. The van der Waals surface area contributed by atoms with Crippen molar-refractivity contribution in [3.05, 3.63) is 28.2 Å². The van der Waals surface area contributed by atoms with Crippen LogP contribution in [0.15, 0.2) is 22.7 Å². The summed E-state index contributed by atoms with van der Waals surface area (Å²) in [6.45, 7) is 0.626. The van der Waals surface area contributed by atoms with Crippen molar-refractivity contribution in [2.45, 2.75) is 38.5 Å². The highest BCUT2D eigenvalue weighted by atomic mass is 79.9. The van der Waals surface area contributed by atoms with Crippen LogP contribution >= 0.6 is 15.9 Å². The van der Waals surface area contributed by atoms with E-state index in [0.717, 1.165) is 36.6 Å². The molecule has 22 heavy (non-hydrogen) atoms. The van der Waals surface area contributed by atoms with Gasteiger partial charge in [0.2, 0.25) is 0 Å².